The Morgan fingerprint density at radius 1 is 1.47 bits per heavy atom. The van der Waals surface area contributed by atoms with E-state index in [1.54, 1.807) is 7.11 Å². The number of nitrogens with zero attached hydrogens (tertiary/aromatic N) is 4. The van der Waals surface area contributed by atoms with Gasteiger partial charge in [0.1, 0.15) is 5.69 Å². The molecule has 0 N–H and O–H groups in total. The van der Waals surface area contributed by atoms with E-state index >= 15 is 0 Å². The molecular formula is C9H17ClN4O. The molecule has 6 heteroatoms. The number of methoxy groups -OCH3 is 1. The minimum absolute atomic E-state index is 0.376. The molecule has 0 spiro atoms. The third-order valence-corrected chi connectivity index (χ3v) is 2.34. The molecule has 0 unspecified atom stereocenters. The topological polar surface area (TPSA) is 43.2 Å². The van der Waals surface area contributed by atoms with Crippen molar-refractivity contribution in [3.8, 4) is 0 Å². The summed E-state index contributed by atoms with van der Waals surface area (Å²) in [5.74, 6) is 0.376. The number of aromatic nitrogens is 3. The molecule has 0 amide bonds. The Hall–Kier alpha value is -0.650. The van der Waals surface area contributed by atoms with Crippen LogP contribution in [0.2, 0.25) is 0 Å². The molecule has 1 aromatic rings. The van der Waals surface area contributed by atoms with Gasteiger partial charge in [0.15, 0.2) is 0 Å². The predicted octanol–water partition coefficient (Wildman–Crippen LogP) is 0.725. The summed E-state index contributed by atoms with van der Waals surface area (Å²) in [5, 5.41) is 8.07. The van der Waals surface area contributed by atoms with Crippen LogP contribution in [0.25, 0.3) is 0 Å². The van der Waals surface area contributed by atoms with Gasteiger partial charge in [0, 0.05) is 13.7 Å². The van der Waals surface area contributed by atoms with E-state index in [9.17, 15) is 0 Å². The maximum absolute atomic E-state index is 5.76. The number of hydrogen-bond donors (Lipinski definition) is 0. The fourth-order valence-electron chi connectivity index (χ4n) is 1.24. The van der Waals surface area contributed by atoms with Crippen molar-refractivity contribution in [2.45, 2.75) is 19.0 Å². The van der Waals surface area contributed by atoms with Crippen LogP contribution in [-0.4, -0.2) is 47.6 Å². The molecule has 0 saturated carbocycles. The quantitative estimate of drug-likeness (QED) is 0.679. The SMILES string of the molecule is COCc1c(CCl)nnn1CCN(C)C. The molecule has 1 aromatic heterocycles. The monoisotopic (exact) mass is 232 g/mol. The van der Waals surface area contributed by atoms with E-state index in [1.807, 2.05) is 18.8 Å². The summed E-state index contributed by atoms with van der Waals surface area (Å²) in [5.41, 5.74) is 1.77. The van der Waals surface area contributed by atoms with Gasteiger partial charge in [-0.2, -0.15) is 0 Å². The highest BCUT2D eigenvalue weighted by Crippen LogP contribution is 2.09. The summed E-state index contributed by atoms with van der Waals surface area (Å²) in [6, 6.07) is 0. The van der Waals surface area contributed by atoms with Crippen LogP contribution in [0, 0.1) is 0 Å². The molecule has 5 nitrogen and oxygen atoms in total. The average molecular weight is 233 g/mol. The fourth-order valence-corrected chi connectivity index (χ4v) is 1.45. The van der Waals surface area contributed by atoms with Gasteiger partial charge in [0.2, 0.25) is 0 Å². The van der Waals surface area contributed by atoms with Crippen LogP contribution in [0.4, 0.5) is 0 Å². The van der Waals surface area contributed by atoms with E-state index < -0.39 is 0 Å². The van der Waals surface area contributed by atoms with Crippen LogP contribution in [0.5, 0.6) is 0 Å². The second-order valence-electron chi connectivity index (χ2n) is 3.58. The molecule has 0 bridgehead atoms. The summed E-state index contributed by atoms with van der Waals surface area (Å²) >= 11 is 5.76. The number of likely N-dealkylation sites (N-methyl/N-ethyl adjacent to an activating group) is 1. The highest BCUT2D eigenvalue weighted by molar-refractivity contribution is 6.16. The van der Waals surface area contributed by atoms with E-state index in [0.717, 1.165) is 24.5 Å². The lowest BCUT2D eigenvalue weighted by Crippen LogP contribution is -2.20. The Morgan fingerprint density at radius 3 is 2.73 bits per heavy atom. The largest absolute Gasteiger partial charge is 0.378 e. The highest BCUT2D eigenvalue weighted by Gasteiger charge is 2.11. The van der Waals surface area contributed by atoms with Crippen LogP contribution < -0.4 is 0 Å². The van der Waals surface area contributed by atoms with Gasteiger partial charge in [-0.05, 0) is 14.1 Å². The summed E-state index contributed by atoms with van der Waals surface area (Å²) in [6.45, 7) is 2.22. The normalized spacial score (nSPS) is 11.3. The maximum atomic E-state index is 5.76. The summed E-state index contributed by atoms with van der Waals surface area (Å²) in [7, 11) is 5.70. The molecular weight excluding hydrogens is 216 g/mol. The minimum atomic E-state index is 0.376. The zero-order valence-electron chi connectivity index (χ0n) is 9.40. The van der Waals surface area contributed by atoms with E-state index in [-0.39, 0.29) is 0 Å². The minimum Gasteiger partial charge on any atom is -0.378 e. The molecule has 0 aliphatic carbocycles. The molecule has 0 radical (unpaired) electrons. The van der Waals surface area contributed by atoms with Gasteiger partial charge in [-0.3, -0.25) is 0 Å². The highest BCUT2D eigenvalue weighted by atomic mass is 35.5. The van der Waals surface area contributed by atoms with E-state index in [0.29, 0.717) is 12.5 Å². The number of rotatable bonds is 6. The van der Waals surface area contributed by atoms with Crippen molar-refractivity contribution in [2.75, 3.05) is 27.7 Å². The summed E-state index contributed by atoms with van der Waals surface area (Å²) in [6.07, 6.45) is 0. The van der Waals surface area contributed by atoms with Crippen molar-refractivity contribution in [1.29, 1.82) is 0 Å². The smallest absolute Gasteiger partial charge is 0.103 e. The van der Waals surface area contributed by atoms with Gasteiger partial charge < -0.3 is 9.64 Å². The first kappa shape index (κ1) is 12.4. The van der Waals surface area contributed by atoms with E-state index in [4.69, 9.17) is 16.3 Å². The second-order valence-corrected chi connectivity index (χ2v) is 3.84. The summed E-state index contributed by atoms with van der Waals surface area (Å²) in [4.78, 5) is 2.10. The Morgan fingerprint density at radius 2 is 2.20 bits per heavy atom. The summed E-state index contributed by atoms with van der Waals surface area (Å²) < 4.78 is 6.95. The zero-order chi connectivity index (χ0) is 11.3. The molecule has 0 atom stereocenters. The van der Waals surface area contributed by atoms with Crippen LogP contribution >= 0.6 is 11.6 Å². The van der Waals surface area contributed by atoms with Crippen LogP contribution in [0.3, 0.4) is 0 Å². The van der Waals surface area contributed by atoms with Gasteiger partial charge in [-0.1, -0.05) is 5.21 Å². The molecule has 0 aromatic carbocycles. The molecule has 0 fully saturated rings. The van der Waals surface area contributed by atoms with Gasteiger partial charge in [-0.25, -0.2) is 4.68 Å². The first-order valence-electron chi connectivity index (χ1n) is 4.80. The number of halogens is 1. The second kappa shape index (κ2) is 6.05. The molecule has 15 heavy (non-hydrogen) atoms. The van der Waals surface area contributed by atoms with Crippen molar-refractivity contribution in [1.82, 2.24) is 19.9 Å². The Labute approximate surface area is 95.0 Å². The van der Waals surface area contributed by atoms with Crippen molar-refractivity contribution < 1.29 is 4.74 Å². The van der Waals surface area contributed by atoms with Crippen LogP contribution in [-0.2, 0) is 23.8 Å². The van der Waals surface area contributed by atoms with Gasteiger partial charge in [0.25, 0.3) is 0 Å². The van der Waals surface area contributed by atoms with Crippen molar-refractivity contribution in [2.24, 2.45) is 0 Å². The molecule has 1 rings (SSSR count). The van der Waals surface area contributed by atoms with Gasteiger partial charge >= 0.3 is 0 Å². The van der Waals surface area contributed by atoms with Gasteiger partial charge in [-0.15, -0.1) is 16.7 Å². The van der Waals surface area contributed by atoms with Crippen LogP contribution in [0.1, 0.15) is 11.4 Å². The van der Waals surface area contributed by atoms with E-state index in [2.05, 4.69) is 15.2 Å². The van der Waals surface area contributed by atoms with Crippen LogP contribution in [0.15, 0.2) is 0 Å². The maximum Gasteiger partial charge on any atom is 0.103 e. The van der Waals surface area contributed by atoms with Crippen molar-refractivity contribution in [3.05, 3.63) is 11.4 Å². The lowest BCUT2D eigenvalue weighted by Gasteiger charge is -2.11. The lowest BCUT2D eigenvalue weighted by atomic mass is 10.3. The number of alkyl halides is 1. The standard InChI is InChI=1S/C9H17ClN4O/c1-13(2)4-5-14-9(7-15-3)8(6-10)11-12-14/h4-7H2,1-3H3. The third kappa shape index (κ3) is 3.44. The lowest BCUT2D eigenvalue weighted by molar-refractivity contribution is 0.175. The molecule has 1 heterocycles. The molecule has 0 aliphatic rings. The molecule has 0 saturated heterocycles. The number of ether oxygens (including phenoxy) is 1. The van der Waals surface area contributed by atoms with E-state index in [1.165, 1.54) is 0 Å². The van der Waals surface area contributed by atoms with Crippen molar-refractivity contribution in [3.63, 3.8) is 0 Å². The van der Waals surface area contributed by atoms with Gasteiger partial charge in [0.05, 0.1) is 24.7 Å². The average Bonchev–Trinajstić information content (AvgIpc) is 2.58. The fraction of sp³-hybridized carbons (Fsp3) is 0.778. The van der Waals surface area contributed by atoms with Crippen molar-refractivity contribution >= 4 is 11.6 Å². The first-order chi connectivity index (χ1) is 7.19. The Bertz CT molecular complexity index is 300. The molecule has 86 valence electrons. The predicted molar refractivity (Wildman–Crippen MR) is 58.8 cm³/mol. The Balaban J connectivity index is 2.72. The third-order valence-electron chi connectivity index (χ3n) is 2.08. The first-order valence-corrected chi connectivity index (χ1v) is 5.33. The number of hydrogen-bond acceptors (Lipinski definition) is 4. The molecule has 0 aliphatic heterocycles. The zero-order valence-corrected chi connectivity index (χ0v) is 10.2. The Kier molecular flexibility index (Phi) is 5.01.